The van der Waals surface area contributed by atoms with E-state index in [1.54, 1.807) is 0 Å². The van der Waals surface area contributed by atoms with Gasteiger partial charge >= 0.3 is 5.97 Å². The molecular weight excluding hydrogens is 234 g/mol. The summed E-state index contributed by atoms with van der Waals surface area (Å²) in [4.78, 5) is 12.1. The van der Waals surface area contributed by atoms with E-state index in [-0.39, 0.29) is 11.4 Å². The lowest BCUT2D eigenvalue weighted by atomic mass is 9.79. The van der Waals surface area contributed by atoms with Crippen molar-refractivity contribution in [1.29, 1.82) is 0 Å². The first-order chi connectivity index (χ1) is 7.97. The van der Waals surface area contributed by atoms with Crippen LogP contribution < -0.4 is 5.32 Å². The molecule has 0 amide bonds. The van der Waals surface area contributed by atoms with Crippen LogP contribution in [0.15, 0.2) is 0 Å². The van der Waals surface area contributed by atoms with Gasteiger partial charge in [0.2, 0.25) is 0 Å². The number of hydrogen-bond acceptors (Lipinski definition) is 4. The highest BCUT2D eigenvalue weighted by atomic mass is 32.2. The molecular formula is C13H23NO2S. The van der Waals surface area contributed by atoms with E-state index in [1.807, 2.05) is 11.8 Å². The smallest absolute Gasteiger partial charge is 0.326 e. The molecule has 0 bridgehead atoms. The summed E-state index contributed by atoms with van der Waals surface area (Å²) in [5, 5.41) is 3.51. The zero-order valence-electron chi connectivity index (χ0n) is 11.0. The highest BCUT2D eigenvalue weighted by Crippen LogP contribution is 2.40. The zero-order chi connectivity index (χ0) is 12.5. The van der Waals surface area contributed by atoms with Crippen LogP contribution in [0.4, 0.5) is 0 Å². The number of carbonyl (C=O) groups is 1. The quantitative estimate of drug-likeness (QED) is 0.782. The number of hydrogen-bond donors (Lipinski definition) is 1. The van der Waals surface area contributed by atoms with E-state index < -0.39 is 5.54 Å². The topological polar surface area (TPSA) is 38.3 Å². The molecule has 3 nitrogen and oxygen atoms in total. The Morgan fingerprint density at radius 3 is 2.65 bits per heavy atom. The predicted molar refractivity (Wildman–Crippen MR) is 71.2 cm³/mol. The number of ether oxygens (including phenoxy) is 1. The average molecular weight is 257 g/mol. The first-order valence-electron chi connectivity index (χ1n) is 6.39. The Hall–Kier alpha value is -0.220. The maximum Gasteiger partial charge on any atom is 0.326 e. The molecule has 1 atom stereocenters. The molecule has 1 saturated carbocycles. The summed E-state index contributed by atoms with van der Waals surface area (Å²) in [5.41, 5.74) is -0.253. The molecule has 1 aliphatic heterocycles. The van der Waals surface area contributed by atoms with Crippen LogP contribution in [0.5, 0.6) is 0 Å². The Labute approximate surface area is 108 Å². The first-order valence-corrected chi connectivity index (χ1v) is 7.54. The molecule has 0 aromatic carbocycles. The van der Waals surface area contributed by atoms with Crippen molar-refractivity contribution >= 4 is 17.7 Å². The number of methoxy groups -OCH3 is 1. The van der Waals surface area contributed by atoms with Gasteiger partial charge < -0.3 is 10.1 Å². The monoisotopic (exact) mass is 257 g/mol. The molecule has 0 radical (unpaired) electrons. The van der Waals surface area contributed by atoms with E-state index >= 15 is 0 Å². The third-order valence-electron chi connectivity index (χ3n) is 3.62. The van der Waals surface area contributed by atoms with Gasteiger partial charge in [0.15, 0.2) is 0 Å². The molecule has 0 aromatic heterocycles. The van der Waals surface area contributed by atoms with Crippen LogP contribution in [0.3, 0.4) is 0 Å². The minimum absolute atomic E-state index is 0.0848. The van der Waals surface area contributed by atoms with Gasteiger partial charge in [0.25, 0.3) is 0 Å². The van der Waals surface area contributed by atoms with Gasteiger partial charge in [-0.3, -0.25) is 4.79 Å². The summed E-state index contributed by atoms with van der Waals surface area (Å²) in [6.07, 6.45) is 3.49. The zero-order valence-corrected chi connectivity index (χ0v) is 11.9. The van der Waals surface area contributed by atoms with Crippen LogP contribution in [0.25, 0.3) is 0 Å². The fourth-order valence-electron chi connectivity index (χ4n) is 2.59. The van der Waals surface area contributed by atoms with E-state index in [0.717, 1.165) is 30.4 Å². The van der Waals surface area contributed by atoms with Crippen molar-refractivity contribution in [2.75, 3.05) is 25.2 Å². The second kappa shape index (κ2) is 4.81. The molecule has 1 N–H and O–H groups in total. The summed E-state index contributed by atoms with van der Waals surface area (Å²) in [6.45, 7) is 5.43. The molecule has 17 heavy (non-hydrogen) atoms. The lowest BCUT2D eigenvalue weighted by Gasteiger charge is -2.43. The number of carbonyl (C=O) groups excluding carboxylic acids is 1. The van der Waals surface area contributed by atoms with Crippen LogP contribution in [-0.4, -0.2) is 36.7 Å². The standard InChI is InChI=1S/C13H23NO2S/c1-12(2)7-13(9-17-8-12,11(15)16-3)14-6-10-4-5-10/h10,14H,4-9H2,1-3H3. The predicted octanol–water partition coefficient (Wildman–Crippen LogP) is 2.06. The largest absolute Gasteiger partial charge is 0.468 e. The lowest BCUT2D eigenvalue weighted by Crippen LogP contribution is -2.59. The maximum absolute atomic E-state index is 12.1. The van der Waals surface area contributed by atoms with Gasteiger partial charge in [-0.1, -0.05) is 13.8 Å². The minimum atomic E-state index is -0.455. The third kappa shape index (κ3) is 3.16. The average Bonchev–Trinajstić information content (AvgIpc) is 3.07. The van der Waals surface area contributed by atoms with Gasteiger partial charge in [0.1, 0.15) is 5.54 Å². The summed E-state index contributed by atoms with van der Waals surface area (Å²) in [6, 6.07) is 0. The fraction of sp³-hybridized carbons (Fsp3) is 0.923. The molecule has 4 heteroatoms. The van der Waals surface area contributed by atoms with Gasteiger partial charge in [0.05, 0.1) is 7.11 Å². The molecule has 2 fully saturated rings. The number of nitrogens with one attached hydrogen (secondary N) is 1. The molecule has 0 spiro atoms. The SMILES string of the molecule is COC(=O)C1(NCC2CC2)CSCC(C)(C)C1. The lowest BCUT2D eigenvalue weighted by molar-refractivity contribution is -0.149. The second-order valence-corrected chi connectivity index (χ2v) is 7.22. The Balaban J connectivity index is 2.07. The number of rotatable bonds is 4. The van der Waals surface area contributed by atoms with E-state index in [4.69, 9.17) is 4.74 Å². The Morgan fingerprint density at radius 2 is 2.12 bits per heavy atom. The van der Waals surface area contributed by atoms with E-state index in [2.05, 4.69) is 19.2 Å². The maximum atomic E-state index is 12.1. The molecule has 1 aliphatic carbocycles. The Bertz CT molecular complexity index is 302. The first kappa shape index (κ1) is 13.2. The van der Waals surface area contributed by atoms with E-state index in [9.17, 15) is 4.79 Å². The van der Waals surface area contributed by atoms with Gasteiger partial charge in [-0.2, -0.15) is 11.8 Å². The summed E-state index contributed by atoms with van der Waals surface area (Å²) in [7, 11) is 1.50. The molecule has 1 saturated heterocycles. The van der Waals surface area contributed by atoms with Crippen molar-refractivity contribution in [3.8, 4) is 0 Å². The molecule has 98 valence electrons. The summed E-state index contributed by atoms with van der Waals surface area (Å²) < 4.78 is 5.02. The van der Waals surface area contributed by atoms with Crippen LogP contribution >= 0.6 is 11.8 Å². The van der Waals surface area contributed by atoms with Crippen molar-refractivity contribution in [2.45, 2.75) is 38.6 Å². The van der Waals surface area contributed by atoms with Crippen molar-refractivity contribution in [1.82, 2.24) is 5.32 Å². The highest BCUT2D eigenvalue weighted by Gasteiger charge is 2.47. The van der Waals surface area contributed by atoms with Crippen LogP contribution in [0.2, 0.25) is 0 Å². The number of thioether (sulfide) groups is 1. The normalized spacial score (nSPS) is 32.2. The molecule has 0 aromatic rings. The van der Waals surface area contributed by atoms with Crippen LogP contribution in [0, 0.1) is 11.3 Å². The number of esters is 1. The van der Waals surface area contributed by atoms with E-state index in [0.29, 0.717) is 0 Å². The Kier molecular flexibility index (Phi) is 3.74. The Morgan fingerprint density at radius 1 is 1.41 bits per heavy atom. The summed E-state index contributed by atoms with van der Waals surface area (Å²) >= 11 is 1.86. The third-order valence-corrected chi connectivity index (χ3v) is 5.31. The van der Waals surface area contributed by atoms with Crippen molar-refractivity contribution < 1.29 is 9.53 Å². The van der Waals surface area contributed by atoms with Crippen LogP contribution in [0.1, 0.15) is 33.1 Å². The molecule has 1 heterocycles. The second-order valence-electron chi connectivity index (χ2n) is 6.23. The molecule has 1 unspecified atom stereocenters. The van der Waals surface area contributed by atoms with Crippen LogP contribution in [-0.2, 0) is 9.53 Å². The highest BCUT2D eigenvalue weighted by molar-refractivity contribution is 7.99. The van der Waals surface area contributed by atoms with Crippen molar-refractivity contribution in [2.24, 2.45) is 11.3 Å². The van der Waals surface area contributed by atoms with Gasteiger partial charge in [-0.05, 0) is 42.9 Å². The summed E-state index contributed by atoms with van der Waals surface area (Å²) in [5.74, 6) is 2.66. The van der Waals surface area contributed by atoms with Gasteiger partial charge in [-0.25, -0.2) is 0 Å². The van der Waals surface area contributed by atoms with Gasteiger partial charge in [0, 0.05) is 5.75 Å². The molecule has 2 aliphatic rings. The van der Waals surface area contributed by atoms with Gasteiger partial charge in [-0.15, -0.1) is 0 Å². The van der Waals surface area contributed by atoms with Crippen molar-refractivity contribution in [3.05, 3.63) is 0 Å². The van der Waals surface area contributed by atoms with E-state index in [1.165, 1.54) is 20.0 Å². The minimum Gasteiger partial charge on any atom is -0.468 e. The van der Waals surface area contributed by atoms with Crippen molar-refractivity contribution in [3.63, 3.8) is 0 Å². The fourth-order valence-corrected chi connectivity index (χ4v) is 4.02. The molecule has 2 rings (SSSR count).